The molecule has 0 unspecified atom stereocenters. The van der Waals surface area contributed by atoms with Gasteiger partial charge >= 0.3 is 0 Å². The number of pyridine rings is 1. The Morgan fingerprint density at radius 2 is 2.24 bits per heavy atom. The Morgan fingerprint density at radius 3 is 3.10 bits per heavy atom. The molecular formula is C15H10N2O3S. The van der Waals surface area contributed by atoms with E-state index in [1.54, 1.807) is 18.5 Å². The van der Waals surface area contributed by atoms with Crippen LogP contribution in [-0.2, 0) is 6.61 Å². The molecule has 1 aromatic carbocycles. The summed E-state index contributed by atoms with van der Waals surface area (Å²) in [5.74, 6) is 0.639. The second-order valence-corrected chi connectivity index (χ2v) is 5.48. The molecule has 6 heteroatoms. The highest BCUT2D eigenvalue weighted by Gasteiger charge is 2.09. The van der Waals surface area contributed by atoms with E-state index in [-0.39, 0.29) is 6.61 Å². The number of benzene rings is 1. The molecule has 0 saturated carbocycles. The lowest BCUT2D eigenvalue weighted by Gasteiger charge is -2.00. The summed E-state index contributed by atoms with van der Waals surface area (Å²) >= 11 is 1.44. The van der Waals surface area contributed by atoms with Crippen LogP contribution in [0.3, 0.4) is 0 Å². The summed E-state index contributed by atoms with van der Waals surface area (Å²) in [7, 11) is 0. The van der Waals surface area contributed by atoms with Crippen LogP contribution in [0.4, 0.5) is 0 Å². The Balaban J connectivity index is 1.70. The first-order chi connectivity index (χ1) is 10.3. The lowest BCUT2D eigenvalue weighted by atomic mass is 10.2. The number of nitrogens with zero attached hydrogens (tertiary/aromatic N) is 2. The molecule has 0 atom stereocenters. The monoisotopic (exact) mass is 298 g/mol. The smallest absolute Gasteiger partial charge is 0.281 e. The molecule has 1 N–H and O–H groups in total. The summed E-state index contributed by atoms with van der Waals surface area (Å²) in [5.41, 5.74) is 2.12. The minimum absolute atomic E-state index is 0.0449. The second kappa shape index (κ2) is 4.83. The molecule has 3 heterocycles. The molecule has 5 nitrogen and oxygen atoms in total. The molecule has 0 amide bonds. The van der Waals surface area contributed by atoms with Gasteiger partial charge in [-0.05, 0) is 24.3 Å². The highest BCUT2D eigenvalue weighted by atomic mass is 32.1. The first-order valence-electron chi connectivity index (χ1n) is 6.34. The Hall–Kier alpha value is -2.44. The minimum Gasteiger partial charge on any atom is -0.464 e. The molecule has 0 aliphatic rings. The number of fused-ring (bicyclic) bond motifs is 2. The van der Waals surface area contributed by atoms with Gasteiger partial charge < -0.3 is 14.3 Å². The highest BCUT2D eigenvalue weighted by molar-refractivity contribution is 7.20. The zero-order chi connectivity index (χ0) is 14.2. The number of ether oxygens (including phenoxy) is 1. The van der Waals surface area contributed by atoms with Crippen molar-refractivity contribution in [3.63, 3.8) is 0 Å². The molecule has 0 saturated heterocycles. The number of aliphatic hydroxyl groups is 1. The maximum absolute atomic E-state index is 9.20. The van der Waals surface area contributed by atoms with E-state index in [0.717, 1.165) is 15.6 Å². The van der Waals surface area contributed by atoms with Gasteiger partial charge in [-0.15, -0.1) is 0 Å². The van der Waals surface area contributed by atoms with Gasteiger partial charge in [-0.2, -0.15) is 4.98 Å². The molecule has 0 radical (unpaired) electrons. The van der Waals surface area contributed by atoms with Crippen LogP contribution in [0.15, 0.2) is 47.2 Å². The third-order valence-electron chi connectivity index (χ3n) is 3.15. The van der Waals surface area contributed by atoms with Crippen LogP contribution in [0, 0.1) is 0 Å². The van der Waals surface area contributed by atoms with Crippen molar-refractivity contribution in [2.75, 3.05) is 0 Å². The Labute approximate surface area is 123 Å². The molecular weight excluding hydrogens is 288 g/mol. The van der Waals surface area contributed by atoms with Crippen LogP contribution in [-0.4, -0.2) is 15.1 Å². The van der Waals surface area contributed by atoms with Gasteiger partial charge in [-0.3, -0.25) is 0 Å². The zero-order valence-electron chi connectivity index (χ0n) is 10.8. The van der Waals surface area contributed by atoms with Gasteiger partial charge in [0.2, 0.25) is 0 Å². The zero-order valence-corrected chi connectivity index (χ0v) is 11.6. The Bertz CT molecular complexity index is 896. The van der Waals surface area contributed by atoms with Gasteiger partial charge in [0.1, 0.15) is 11.3 Å². The second-order valence-electron chi connectivity index (χ2n) is 4.48. The lowest BCUT2D eigenvalue weighted by molar-refractivity contribution is 0.281. The topological polar surface area (TPSA) is 68.4 Å². The number of hydrogen-bond donors (Lipinski definition) is 1. The third kappa shape index (κ3) is 2.14. The predicted molar refractivity (Wildman–Crippen MR) is 79.6 cm³/mol. The predicted octanol–water partition coefficient (Wildman–Crippen LogP) is 3.72. The summed E-state index contributed by atoms with van der Waals surface area (Å²) in [4.78, 5) is 8.50. The normalized spacial score (nSPS) is 11.3. The molecule has 3 aromatic heterocycles. The van der Waals surface area contributed by atoms with Crippen LogP contribution in [0.25, 0.3) is 21.3 Å². The SMILES string of the molecule is OCc1coc2cc(Oc3nc4ncccc4s3)ccc12. The van der Waals surface area contributed by atoms with Crippen molar-refractivity contribution in [1.82, 2.24) is 9.97 Å². The summed E-state index contributed by atoms with van der Waals surface area (Å²) in [6.45, 7) is -0.0449. The van der Waals surface area contributed by atoms with Crippen molar-refractivity contribution < 1.29 is 14.3 Å². The molecule has 0 aliphatic carbocycles. The van der Waals surface area contributed by atoms with Gasteiger partial charge in [-0.1, -0.05) is 11.3 Å². The first-order valence-corrected chi connectivity index (χ1v) is 7.15. The third-order valence-corrected chi connectivity index (χ3v) is 4.04. The van der Waals surface area contributed by atoms with E-state index in [0.29, 0.717) is 22.2 Å². The molecule has 4 aromatic rings. The quantitative estimate of drug-likeness (QED) is 0.624. The van der Waals surface area contributed by atoms with Crippen molar-refractivity contribution in [2.24, 2.45) is 0 Å². The molecule has 0 fully saturated rings. The molecule has 104 valence electrons. The van der Waals surface area contributed by atoms with Crippen LogP contribution >= 0.6 is 11.3 Å². The van der Waals surface area contributed by atoms with Gasteiger partial charge in [0.15, 0.2) is 5.65 Å². The average molecular weight is 298 g/mol. The molecule has 21 heavy (non-hydrogen) atoms. The Kier molecular flexibility index (Phi) is 2.83. The number of aromatic nitrogens is 2. The maximum atomic E-state index is 9.20. The van der Waals surface area contributed by atoms with Gasteiger partial charge in [0, 0.05) is 23.2 Å². The minimum atomic E-state index is -0.0449. The Morgan fingerprint density at radius 1 is 1.29 bits per heavy atom. The molecule has 0 spiro atoms. The first kappa shape index (κ1) is 12.3. The fraction of sp³-hybridized carbons (Fsp3) is 0.0667. The highest BCUT2D eigenvalue weighted by Crippen LogP contribution is 2.32. The fourth-order valence-electron chi connectivity index (χ4n) is 2.14. The van der Waals surface area contributed by atoms with Crippen molar-refractivity contribution in [2.45, 2.75) is 6.61 Å². The van der Waals surface area contributed by atoms with Crippen LogP contribution in [0.1, 0.15) is 5.56 Å². The van der Waals surface area contributed by atoms with Crippen LogP contribution in [0.2, 0.25) is 0 Å². The molecule has 0 aliphatic heterocycles. The number of thiazole rings is 1. The van der Waals surface area contributed by atoms with E-state index in [4.69, 9.17) is 9.15 Å². The van der Waals surface area contributed by atoms with Gasteiger partial charge in [0.25, 0.3) is 5.19 Å². The molecule has 4 rings (SSSR count). The van der Waals surface area contributed by atoms with Crippen LogP contribution in [0.5, 0.6) is 10.9 Å². The largest absolute Gasteiger partial charge is 0.464 e. The van der Waals surface area contributed by atoms with E-state index in [2.05, 4.69) is 9.97 Å². The van der Waals surface area contributed by atoms with Crippen LogP contribution < -0.4 is 4.74 Å². The lowest BCUT2D eigenvalue weighted by Crippen LogP contribution is -1.83. The number of aliphatic hydroxyl groups excluding tert-OH is 1. The molecule has 0 bridgehead atoms. The average Bonchev–Trinajstić information content (AvgIpc) is 3.09. The van der Waals surface area contributed by atoms with Crippen molar-refractivity contribution in [3.05, 3.63) is 48.4 Å². The van der Waals surface area contributed by atoms with E-state index in [1.165, 1.54) is 11.3 Å². The van der Waals surface area contributed by atoms with E-state index >= 15 is 0 Å². The number of rotatable bonds is 3. The summed E-state index contributed by atoms with van der Waals surface area (Å²) in [6, 6.07) is 9.31. The van der Waals surface area contributed by atoms with Gasteiger partial charge in [-0.25, -0.2) is 4.98 Å². The van der Waals surface area contributed by atoms with E-state index in [9.17, 15) is 5.11 Å². The summed E-state index contributed by atoms with van der Waals surface area (Å²) in [5, 5.41) is 10.6. The maximum Gasteiger partial charge on any atom is 0.281 e. The van der Waals surface area contributed by atoms with Crippen molar-refractivity contribution >= 4 is 32.7 Å². The summed E-state index contributed by atoms with van der Waals surface area (Å²) < 4.78 is 12.1. The number of hydrogen-bond acceptors (Lipinski definition) is 6. The van der Waals surface area contributed by atoms with E-state index < -0.39 is 0 Å². The van der Waals surface area contributed by atoms with E-state index in [1.807, 2.05) is 24.3 Å². The fourth-order valence-corrected chi connectivity index (χ4v) is 2.94. The van der Waals surface area contributed by atoms with Crippen molar-refractivity contribution in [3.8, 4) is 10.9 Å². The number of furan rings is 1. The van der Waals surface area contributed by atoms with Gasteiger partial charge in [0.05, 0.1) is 17.6 Å². The standard InChI is InChI=1S/C15H10N2O3S/c18-7-9-8-19-12-6-10(3-4-11(9)12)20-15-17-14-13(21-15)2-1-5-16-14/h1-6,8,18H,7H2. The summed E-state index contributed by atoms with van der Waals surface area (Å²) in [6.07, 6.45) is 3.26. The van der Waals surface area contributed by atoms with Crippen molar-refractivity contribution in [1.29, 1.82) is 0 Å².